The zero-order chi connectivity index (χ0) is 12.3. The zero-order valence-electron chi connectivity index (χ0n) is 10.5. The number of hydrogen-bond donors (Lipinski definition) is 1. The molecule has 1 aromatic rings. The molecule has 3 unspecified atom stereocenters. The number of rotatable bonds is 4. The predicted octanol–water partition coefficient (Wildman–Crippen LogP) is 1.60. The van der Waals surface area contributed by atoms with Gasteiger partial charge in [0.2, 0.25) is 5.16 Å². The maximum Gasteiger partial charge on any atom is 0.209 e. The third-order valence-electron chi connectivity index (χ3n) is 3.49. The number of aromatic nitrogens is 4. The van der Waals surface area contributed by atoms with Gasteiger partial charge in [-0.1, -0.05) is 31.5 Å². The maximum absolute atomic E-state index is 6.21. The molecule has 1 aliphatic rings. The number of aryl methyl sites for hydroxylation is 1. The van der Waals surface area contributed by atoms with E-state index < -0.39 is 0 Å². The summed E-state index contributed by atoms with van der Waals surface area (Å²) in [6, 6.07) is 0.282. The highest BCUT2D eigenvalue weighted by Gasteiger charge is 2.29. The van der Waals surface area contributed by atoms with Gasteiger partial charge in [-0.3, -0.25) is 0 Å². The Bertz CT molecular complexity index is 353. The van der Waals surface area contributed by atoms with Crippen LogP contribution in [0.1, 0.15) is 39.0 Å². The Kier molecular flexibility index (Phi) is 4.39. The third kappa shape index (κ3) is 3.19. The van der Waals surface area contributed by atoms with Crippen LogP contribution in [-0.4, -0.2) is 31.5 Å². The number of nitrogens with two attached hydrogens (primary N) is 1. The molecule has 0 bridgehead atoms. The summed E-state index contributed by atoms with van der Waals surface area (Å²) in [5, 5.41) is 12.9. The lowest BCUT2D eigenvalue weighted by molar-refractivity contribution is 0.316. The van der Waals surface area contributed by atoms with Gasteiger partial charge < -0.3 is 5.73 Å². The fraction of sp³-hybridized carbons (Fsp3) is 0.909. The highest BCUT2D eigenvalue weighted by atomic mass is 32.2. The highest BCUT2D eigenvalue weighted by Crippen LogP contribution is 2.36. The minimum Gasteiger partial charge on any atom is -0.327 e. The van der Waals surface area contributed by atoms with Crippen molar-refractivity contribution in [3.8, 4) is 0 Å². The zero-order valence-corrected chi connectivity index (χ0v) is 11.4. The molecule has 1 fully saturated rings. The van der Waals surface area contributed by atoms with Crippen LogP contribution in [0, 0.1) is 5.92 Å². The molecule has 0 spiro atoms. The topological polar surface area (TPSA) is 69.6 Å². The average molecular weight is 255 g/mol. The van der Waals surface area contributed by atoms with E-state index in [0.717, 1.165) is 17.5 Å². The molecule has 6 heteroatoms. The largest absolute Gasteiger partial charge is 0.327 e. The van der Waals surface area contributed by atoms with Crippen molar-refractivity contribution in [1.29, 1.82) is 0 Å². The van der Waals surface area contributed by atoms with E-state index in [0.29, 0.717) is 5.25 Å². The Labute approximate surface area is 107 Å². The van der Waals surface area contributed by atoms with Gasteiger partial charge >= 0.3 is 0 Å². The molecule has 0 amide bonds. The summed E-state index contributed by atoms with van der Waals surface area (Å²) in [5.41, 5.74) is 6.21. The van der Waals surface area contributed by atoms with Gasteiger partial charge in [0.25, 0.3) is 0 Å². The summed E-state index contributed by atoms with van der Waals surface area (Å²) in [6.07, 6.45) is 6.20. The van der Waals surface area contributed by atoms with E-state index in [1.165, 1.54) is 25.7 Å². The molecule has 3 atom stereocenters. The number of thioether (sulfide) groups is 1. The molecule has 2 rings (SSSR count). The summed E-state index contributed by atoms with van der Waals surface area (Å²) in [4.78, 5) is 0. The van der Waals surface area contributed by atoms with Crippen LogP contribution in [0.4, 0.5) is 0 Å². The van der Waals surface area contributed by atoms with Crippen LogP contribution in [0.5, 0.6) is 0 Å². The van der Waals surface area contributed by atoms with Gasteiger partial charge in [0.05, 0.1) is 0 Å². The lowest BCUT2D eigenvalue weighted by atomic mass is 9.83. The Hall–Kier alpha value is -0.620. The number of nitrogens with zero attached hydrogens (tertiary/aromatic N) is 4. The third-order valence-corrected chi connectivity index (χ3v) is 4.89. The van der Waals surface area contributed by atoms with Crippen molar-refractivity contribution in [2.24, 2.45) is 18.7 Å². The Morgan fingerprint density at radius 1 is 1.47 bits per heavy atom. The normalized spacial score (nSPS) is 29.5. The molecule has 5 nitrogen and oxygen atoms in total. The molecule has 0 aromatic carbocycles. The summed E-state index contributed by atoms with van der Waals surface area (Å²) >= 11 is 1.74. The van der Waals surface area contributed by atoms with Crippen LogP contribution in [0.3, 0.4) is 0 Å². The molecular weight excluding hydrogens is 234 g/mol. The van der Waals surface area contributed by atoms with Crippen molar-refractivity contribution < 1.29 is 0 Å². The molecule has 0 aliphatic heterocycles. The van der Waals surface area contributed by atoms with E-state index in [4.69, 9.17) is 5.73 Å². The minimum absolute atomic E-state index is 0.282. The van der Waals surface area contributed by atoms with Crippen molar-refractivity contribution in [3.05, 3.63) is 0 Å². The first-order valence-corrected chi connectivity index (χ1v) is 7.23. The van der Waals surface area contributed by atoms with Gasteiger partial charge in [-0.2, -0.15) is 0 Å². The molecular formula is C11H21N5S. The van der Waals surface area contributed by atoms with Crippen LogP contribution in [0.25, 0.3) is 0 Å². The van der Waals surface area contributed by atoms with Crippen LogP contribution < -0.4 is 5.73 Å². The summed E-state index contributed by atoms with van der Waals surface area (Å²) in [5.74, 6) is 0.832. The number of hydrogen-bond acceptors (Lipinski definition) is 5. The Balaban J connectivity index is 1.96. The van der Waals surface area contributed by atoms with E-state index in [1.807, 2.05) is 7.05 Å². The second-order valence-corrected chi connectivity index (χ2v) is 6.08. The van der Waals surface area contributed by atoms with Crippen molar-refractivity contribution in [2.45, 2.75) is 55.5 Å². The minimum atomic E-state index is 0.282. The van der Waals surface area contributed by atoms with Crippen molar-refractivity contribution in [1.82, 2.24) is 20.2 Å². The molecule has 96 valence electrons. The molecule has 1 aliphatic carbocycles. The molecule has 2 N–H and O–H groups in total. The predicted molar refractivity (Wildman–Crippen MR) is 68.7 cm³/mol. The molecule has 1 saturated carbocycles. The van der Waals surface area contributed by atoms with Crippen molar-refractivity contribution in [2.75, 3.05) is 0 Å². The first-order valence-electron chi connectivity index (χ1n) is 6.35. The lowest BCUT2D eigenvalue weighted by Crippen LogP contribution is -2.38. The van der Waals surface area contributed by atoms with Gasteiger partial charge in [-0.05, 0) is 35.6 Å². The Morgan fingerprint density at radius 2 is 2.29 bits per heavy atom. The van der Waals surface area contributed by atoms with E-state index in [-0.39, 0.29) is 6.04 Å². The number of tetrazole rings is 1. The van der Waals surface area contributed by atoms with Crippen LogP contribution in [-0.2, 0) is 7.05 Å². The Morgan fingerprint density at radius 3 is 2.94 bits per heavy atom. The first-order chi connectivity index (χ1) is 8.20. The molecule has 0 radical (unpaired) electrons. The smallest absolute Gasteiger partial charge is 0.209 e. The maximum atomic E-state index is 6.21. The van der Waals surface area contributed by atoms with E-state index in [2.05, 4.69) is 22.4 Å². The summed E-state index contributed by atoms with van der Waals surface area (Å²) < 4.78 is 1.72. The first kappa shape index (κ1) is 12.8. The van der Waals surface area contributed by atoms with Gasteiger partial charge in [0.15, 0.2) is 0 Å². The van der Waals surface area contributed by atoms with E-state index in [9.17, 15) is 0 Å². The van der Waals surface area contributed by atoms with Crippen LogP contribution in [0.15, 0.2) is 5.16 Å². The fourth-order valence-corrected chi connectivity index (χ4v) is 3.72. The fourth-order valence-electron chi connectivity index (χ4n) is 2.50. The van der Waals surface area contributed by atoms with Crippen molar-refractivity contribution in [3.63, 3.8) is 0 Å². The molecule has 1 heterocycles. The summed E-state index contributed by atoms with van der Waals surface area (Å²) in [7, 11) is 1.88. The molecule has 0 saturated heterocycles. The van der Waals surface area contributed by atoms with Gasteiger partial charge in [-0.25, -0.2) is 4.68 Å². The lowest BCUT2D eigenvalue weighted by Gasteiger charge is -2.33. The molecule has 1 aromatic heterocycles. The van der Waals surface area contributed by atoms with Crippen molar-refractivity contribution >= 4 is 11.8 Å². The summed E-state index contributed by atoms with van der Waals surface area (Å²) in [6.45, 7) is 2.25. The monoisotopic (exact) mass is 255 g/mol. The SMILES string of the molecule is CCCC1CCC(N)C(Sc2nnnn2C)C1. The second-order valence-electron chi connectivity index (χ2n) is 4.87. The van der Waals surface area contributed by atoms with Gasteiger partial charge in [0.1, 0.15) is 0 Å². The van der Waals surface area contributed by atoms with Crippen LogP contribution in [0.2, 0.25) is 0 Å². The van der Waals surface area contributed by atoms with E-state index >= 15 is 0 Å². The van der Waals surface area contributed by atoms with Crippen LogP contribution >= 0.6 is 11.8 Å². The second kappa shape index (κ2) is 5.82. The van der Waals surface area contributed by atoms with Gasteiger partial charge in [0, 0.05) is 18.3 Å². The van der Waals surface area contributed by atoms with Gasteiger partial charge in [-0.15, -0.1) is 5.10 Å². The van der Waals surface area contributed by atoms with E-state index in [1.54, 1.807) is 16.4 Å². The standard InChI is InChI=1S/C11H21N5S/c1-3-4-8-5-6-9(12)10(7-8)17-11-13-14-15-16(11)2/h8-10H,3-7,12H2,1-2H3. The molecule has 17 heavy (non-hydrogen) atoms. The quantitative estimate of drug-likeness (QED) is 0.885. The highest BCUT2D eigenvalue weighted by molar-refractivity contribution is 7.99. The average Bonchev–Trinajstić information content (AvgIpc) is 2.70.